The number of rotatable bonds is 4. The number of pyridine rings is 1. The molecule has 144 valence electrons. The predicted molar refractivity (Wildman–Crippen MR) is 108 cm³/mol. The van der Waals surface area contributed by atoms with Gasteiger partial charge in [0.15, 0.2) is 0 Å². The van der Waals surface area contributed by atoms with E-state index in [0.717, 1.165) is 42.5 Å². The number of nitrogens with zero attached hydrogens (tertiary/aromatic N) is 4. The first-order valence-electron chi connectivity index (χ1n) is 9.80. The van der Waals surface area contributed by atoms with Crippen LogP contribution < -0.4 is 5.56 Å². The molecule has 0 N–H and O–H groups in total. The van der Waals surface area contributed by atoms with E-state index in [1.54, 1.807) is 18.5 Å². The van der Waals surface area contributed by atoms with E-state index < -0.39 is 0 Å². The fourth-order valence-corrected chi connectivity index (χ4v) is 3.93. The van der Waals surface area contributed by atoms with Gasteiger partial charge < -0.3 is 4.90 Å². The van der Waals surface area contributed by atoms with Crippen molar-refractivity contribution in [2.24, 2.45) is 0 Å². The van der Waals surface area contributed by atoms with Crippen molar-refractivity contribution in [1.29, 1.82) is 0 Å². The Balaban J connectivity index is 1.71. The topological polar surface area (TPSA) is 68.1 Å². The third kappa shape index (κ3) is 3.67. The van der Waals surface area contributed by atoms with Crippen molar-refractivity contribution in [2.75, 3.05) is 6.54 Å². The average Bonchev–Trinajstić information content (AvgIpc) is 2.72. The lowest BCUT2D eigenvalue weighted by Crippen LogP contribution is -2.45. The first kappa shape index (κ1) is 18.3. The second-order valence-corrected chi connectivity index (χ2v) is 7.43. The zero-order valence-corrected chi connectivity index (χ0v) is 16.0. The summed E-state index contributed by atoms with van der Waals surface area (Å²) in [6.07, 6.45) is 7.26. The standard InChI is InChI=1S/C22H24N4O2/c1-16-7-4-5-12-25(16)21(27)15-26-22(28)19-10-3-2-9-18(19)20(24-26)13-17-8-6-11-23-14-17/h2-3,6,8-11,14,16H,4-5,7,12-13,15H2,1H3. The minimum atomic E-state index is -0.219. The maximum atomic E-state index is 13.0. The molecule has 1 unspecified atom stereocenters. The molecule has 1 aliphatic heterocycles. The highest BCUT2D eigenvalue weighted by Crippen LogP contribution is 2.18. The normalized spacial score (nSPS) is 17.0. The number of benzene rings is 1. The lowest BCUT2D eigenvalue weighted by molar-refractivity contribution is -0.135. The number of fused-ring (bicyclic) bond motifs is 1. The van der Waals surface area contributed by atoms with Gasteiger partial charge in [-0.1, -0.05) is 24.3 Å². The number of aromatic nitrogens is 3. The molecule has 3 heterocycles. The van der Waals surface area contributed by atoms with Crippen molar-refractivity contribution >= 4 is 16.7 Å². The fourth-order valence-electron chi connectivity index (χ4n) is 3.93. The van der Waals surface area contributed by atoms with E-state index in [0.29, 0.717) is 11.8 Å². The first-order valence-corrected chi connectivity index (χ1v) is 9.80. The minimum Gasteiger partial charge on any atom is -0.338 e. The van der Waals surface area contributed by atoms with Crippen molar-refractivity contribution < 1.29 is 4.79 Å². The van der Waals surface area contributed by atoms with Gasteiger partial charge in [-0.3, -0.25) is 14.6 Å². The summed E-state index contributed by atoms with van der Waals surface area (Å²) < 4.78 is 1.33. The van der Waals surface area contributed by atoms with Crippen molar-refractivity contribution in [1.82, 2.24) is 19.7 Å². The van der Waals surface area contributed by atoms with Crippen LogP contribution in [0.25, 0.3) is 10.8 Å². The van der Waals surface area contributed by atoms with Gasteiger partial charge in [-0.25, -0.2) is 4.68 Å². The molecule has 1 saturated heterocycles. The van der Waals surface area contributed by atoms with Crippen LogP contribution in [0.3, 0.4) is 0 Å². The molecule has 0 saturated carbocycles. The molecular weight excluding hydrogens is 352 g/mol. The molecule has 28 heavy (non-hydrogen) atoms. The Morgan fingerprint density at radius 1 is 1.14 bits per heavy atom. The van der Waals surface area contributed by atoms with Crippen molar-refractivity contribution in [3.63, 3.8) is 0 Å². The number of likely N-dealkylation sites (tertiary alicyclic amines) is 1. The van der Waals surface area contributed by atoms with Gasteiger partial charge >= 0.3 is 0 Å². The van der Waals surface area contributed by atoms with Crippen LogP contribution in [0.1, 0.15) is 37.4 Å². The number of carbonyl (C=O) groups is 1. The molecule has 1 atom stereocenters. The monoisotopic (exact) mass is 376 g/mol. The van der Waals surface area contributed by atoms with Gasteiger partial charge in [0, 0.05) is 36.8 Å². The van der Waals surface area contributed by atoms with Crippen LogP contribution in [0.4, 0.5) is 0 Å². The summed E-state index contributed by atoms with van der Waals surface area (Å²) in [6.45, 7) is 2.81. The summed E-state index contributed by atoms with van der Waals surface area (Å²) in [6, 6.07) is 11.5. The summed E-state index contributed by atoms with van der Waals surface area (Å²) in [5.41, 5.74) is 1.58. The molecule has 1 aromatic carbocycles. The van der Waals surface area contributed by atoms with E-state index in [1.807, 2.05) is 35.2 Å². The Morgan fingerprint density at radius 3 is 2.71 bits per heavy atom. The van der Waals surface area contributed by atoms with Crippen LogP contribution in [0.2, 0.25) is 0 Å². The molecule has 2 aromatic heterocycles. The van der Waals surface area contributed by atoms with E-state index in [4.69, 9.17) is 0 Å². The van der Waals surface area contributed by atoms with E-state index in [1.165, 1.54) is 4.68 Å². The average molecular weight is 376 g/mol. The molecule has 4 rings (SSSR count). The SMILES string of the molecule is CC1CCCCN1C(=O)Cn1nc(Cc2cccnc2)c2ccccc2c1=O. The van der Waals surface area contributed by atoms with Crippen molar-refractivity contribution in [3.8, 4) is 0 Å². The van der Waals surface area contributed by atoms with Crippen LogP contribution in [-0.4, -0.2) is 38.2 Å². The highest BCUT2D eigenvalue weighted by molar-refractivity contribution is 5.84. The summed E-state index contributed by atoms with van der Waals surface area (Å²) in [5, 5.41) is 6.00. The quantitative estimate of drug-likeness (QED) is 0.702. The molecule has 1 amide bonds. The fraction of sp³-hybridized carbons (Fsp3) is 0.364. The molecule has 0 bridgehead atoms. The number of piperidine rings is 1. The molecule has 1 aliphatic rings. The van der Waals surface area contributed by atoms with Gasteiger partial charge in [-0.05, 0) is 43.9 Å². The van der Waals surface area contributed by atoms with Crippen LogP contribution >= 0.6 is 0 Å². The van der Waals surface area contributed by atoms with Crippen LogP contribution in [-0.2, 0) is 17.8 Å². The number of hydrogen-bond donors (Lipinski definition) is 0. The lowest BCUT2D eigenvalue weighted by Gasteiger charge is -2.33. The summed E-state index contributed by atoms with van der Waals surface area (Å²) in [7, 11) is 0. The molecular formula is C22H24N4O2. The summed E-state index contributed by atoms with van der Waals surface area (Å²) in [5.74, 6) is -0.0376. The van der Waals surface area contributed by atoms with Crippen molar-refractivity contribution in [2.45, 2.75) is 45.2 Å². The minimum absolute atomic E-state index is 0.0198. The number of hydrogen-bond acceptors (Lipinski definition) is 4. The second kappa shape index (κ2) is 7.92. The third-order valence-corrected chi connectivity index (χ3v) is 5.45. The summed E-state index contributed by atoms with van der Waals surface area (Å²) in [4.78, 5) is 31.8. The Hall–Kier alpha value is -3.02. The zero-order valence-electron chi connectivity index (χ0n) is 16.0. The van der Waals surface area contributed by atoms with E-state index in [2.05, 4.69) is 17.0 Å². The number of amides is 1. The molecule has 0 aliphatic carbocycles. The Labute approximate surface area is 163 Å². The maximum absolute atomic E-state index is 13.0. The third-order valence-electron chi connectivity index (χ3n) is 5.45. The second-order valence-electron chi connectivity index (χ2n) is 7.43. The van der Waals surface area contributed by atoms with Gasteiger partial charge in [-0.2, -0.15) is 5.10 Å². The molecule has 6 nitrogen and oxygen atoms in total. The lowest BCUT2D eigenvalue weighted by atomic mass is 10.0. The van der Waals surface area contributed by atoms with Gasteiger partial charge in [0.25, 0.3) is 5.56 Å². The molecule has 1 fully saturated rings. The molecule has 0 radical (unpaired) electrons. The van der Waals surface area contributed by atoms with Crippen LogP contribution in [0, 0.1) is 0 Å². The molecule has 0 spiro atoms. The molecule has 3 aromatic rings. The van der Waals surface area contributed by atoms with Gasteiger partial charge in [0.05, 0.1) is 11.1 Å². The largest absolute Gasteiger partial charge is 0.338 e. The van der Waals surface area contributed by atoms with Gasteiger partial charge in [0.2, 0.25) is 5.91 Å². The van der Waals surface area contributed by atoms with Crippen LogP contribution in [0.15, 0.2) is 53.6 Å². The Morgan fingerprint density at radius 2 is 1.96 bits per heavy atom. The first-order chi connectivity index (χ1) is 13.6. The van der Waals surface area contributed by atoms with Crippen LogP contribution in [0.5, 0.6) is 0 Å². The van der Waals surface area contributed by atoms with Gasteiger partial charge in [0.1, 0.15) is 6.54 Å². The maximum Gasteiger partial charge on any atom is 0.275 e. The highest BCUT2D eigenvalue weighted by atomic mass is 16.2. The van der Waals surface area contributed by atoms with Gasteiger partial charge in [-0.15, -0.1) is 0 Å². The Bertz CT molecular complexity index is 1050. The zero-order chi connectivity index (χ0) is 19.5. The highest BCUT2D eigenvalue weighted by Gasteiger charge is 2.24. The van der Waals surface area contributed by atoms with E-state index in [9.17, 15) is 9.59 Å². The smallest absolute Gasteiger partial charge is 0.275 e. The number of carbonyl (C=O) groups excluding carboxylic acids is 1. The molecule has 6 heteroatoms. The van der Waals surface area contributed by atoms with Crippen molar-refractivity contribution in [3.05, 3.63) is 70.4 Å². The van der Waals surface area contributed by atoms with E-state index >= 15 is 0 Å². The van der Waals surface area contributed by atoms with E-state index in [-0.39, 0.29) is 24.1 Å². The predicted octanol–water partition coefficient (Wildman–Crippen LogP) is 2.78. The Kier molecular flexibility index (Phi) is 5.19. The summed E-state index contributed by atoms with van der Waals surface area (Å²) >= 11 is 0.